The SMILES string of the molecule is CCCOC1C(CCC(C)C)CCCC(N(COC)C(=O)OC(C)(C)C)C(=O)OC1C. The molecule has 7 heteroatoms. The summed E-state index contributed by atoms with van der Waals surface area (Å²) >= 11 is 0. The first kappa shape index (κ1) is 27.7. The molecule has 0 aromatic rings. The summed E-state index contributed by atoms with van der Waals surface area (Å²) in [5.74, 6) is 0.493. The normalized spacial score (nSPS) is 25.4. The Morgan fingerprint density at radius 1 is 1.26 bits per heavy atom. The highest BCUT2D eigenvalue weighted by Gasteiger charge is 2.39. The summed E-state index contributed by atoms with van der Waals surface area (Å²) in [7, 11) is 1.50. The average Bonchev–Trinajstić information content (AvgIpc) is 2.70. The fourth-order valence-corrected chi connectivity index (χ4v) is 3.96. The maximum atomic E-state index is 13.1. The molecular weight excluding hydrogens is 398 g/mol. The molecule has 0 spiro atoms. The number of ether oxygens (including phenoxy) is 4. The number of carbonyl (C=O) groups excluding carboxylic acids is 2. The predicted molar refractivity (Wildman–Crippen MR) is 121 cm³/mol. The molecule has 0 aliphatic carbocycles. The van der Waals surface area contributed by atoms with E-state index in [0.29, 0.717) is 24.9 Å². The molecule has 4 unspecified atom stereocenters. The summed E-state index contributed by atoms with van der Waals surface area (Å²) in [4.78, 5) is 27.3. The van der Waals surface area contributed by atoms with Gasteiger partial charge >= 0.3 is 12.1 Å². The number of carbonyl (C=O) groups is 2. The van der Waals surface area contributed by atoms with E-state index >= 15 is 0 Å². The van der Waals surface area contributed by atoms with Crippen LogP contribution >= 0.6 is 0 Å². The van der Waals surface area contributed by atoms with Gasteiger partial charge in [-0.3, -0.25) is 4.90 Å². The maximum absolute atomic E-state index is 13.1. The van der Waals surface area contributed by atoms with Crippen LogP contribution in [0.15, 0.2) is 0 Å². The number of cyclic esters (lactones) is 1. The van der Waals surface area contributed by atoms with Gasteiger partial charge in [0.25, 0.3) is 0 Å². The zero-order valence-electron chi connectivity index (χ0n) is 20.9. The van der Waals surface area contributed by atoms with Crippen LogP contribution in [0.1, 0.15) is 87.0 Å². The number of rotatable bonds is 9. The van der Waals surface area contributed by atoms with Crippen molar-refractivity contribution in [1.82, 2.24) is 4.90 Å². The fraction of sp³-hybridized carbons (Fsp3) is 0.917. The van der Waals surface area contributed by atoms with E-state index in [4.69, 9.17) is 18.9 Å². The number of methoxy groups -OCH3 is 1. The van der Waals surface area contributed by atoms with E-state index in [0.717, 1.165) is 32.1 Å². The molecule has 0 bridgehead atoms. The Morgan fingerprint density at radius 3 is 2.48 bits per heavy atom. The van der Waals surface area contributed by atoms with Gasteiger partial charge in [0.2, 0.25) is 0 Å². The molecule has 1 aliphatic heterocycles. The van der Waals surface area contributed by atoms with E-state index in [1.165, 1.54) is 12.0 Å². The average molecular weight is 444 g/mol. The summed E-state index contributed by atoms with van der Waals surface area (Å²) < 4.78 is 22.8. The standard InChI is InChI=1S/C24H45NO6/c1-9-15-29-21-18(4)30-22(26)20(12-10-11-19(21)14-13-17(2)3)25(16-28-8)23(27)31-24(5,6)7/h17-21H,9-16H2,1-8H3. The van der Waals surface area contributed by atoms with E-state index in [1.54, 1.807) is 20.8 Å². The van der Waals surface area contributed by atoms with Gasteiger partial charge in [-0.05, 0) is 65.2 Å². The molecular formula is C24H45NO6. The number of amides is 1. The number of hydrogen-bond donors (Lipinski definition) is 0. The molecule has 1 aliphatic rings. The molecule has 0 radical (unpaired) electrons. The summed E-state index contributed by atoms with van der Waals surface area (Å²) in [6, 6.07) is -0.743. The minimum Gasteiger partial charge on any atom is -0.458 e. The van der Waals surface area contributed by atoms with Crippen LogP contribution in [-0.2, 0) is 23.7 Å². The molecule has 1 rings (SSSR count). The Morgan fingerprint density at radius 2 is 1.94 bits per heavy atom. The van der Waals surface area contributed by atoms with Crippen molar-refractivity contribution in [2.45, 2.75) is 111 Å². The molecule has 182 valence electrons. The number of hydrogen-bond acceptors (Lipinski definition) is 6. The van der Waals surface area contributed by atoms with Crippen LogP contribution < -0.4 is 0 Å². The highest BCUT2D eigenvalue weighted by Crippen LogP contribution is 2.30. The lowest BCUT2D eigenvalue weighted by atomic mass is 9.86. The zero-order chi connectivity index (χ0) is 23.6. The minimum atomic E-state index is -0.743. The number of esters is 1. The summed E-state index contributed by atoms with van der Waals surface area (Å²) in [5.41, 5.74) is -0.667. The quantitative estimate of drug-likeness (QED) is 0.362. The van der Waals surface area contributed by atoms with Gasteiger partial charge in [-0.25, -0.2) is 9.59 Å². The first-order chi connectivity index (χ1) is 14.5. The fourth-order valence-electron chi connectivity index (χ4n) is 3.96. The maximum Gasteiger partial charge on any atom is 0.412 e. The highest BCUT2D eigenvalue weighted by atomic mass is 16.6. The third-order valence-electron chi connectivity index (χ3n) is 5.46. The summed E-state index contributed by atoms with van der Waals surface area (Å²) in [6.45, 7) is 14.4. The molecule has 31 heavy (non-hydrogen) atoms. The van der Waals surface area contributed by atoms with Crippen molar-refractivity contribution in [3.8, 4) is 0 Å². The van der Waals surface area contributed by atoms with Crippen LogP contribution in [0, 0.1) is 11.8 Å². The molecule has 1 heterocycles. The molecule has 7 nitrogen and oxygen atoms in total. The monoisotopic (exact) mass is 443 g/mol. The van der Waals surface area contributed by atoms with Gasteiger partial charge in [0.05, 0.1) is 6.10 Å². The van der Waals surface area contributed by atoms with Crippen LogP contribution in [0.5, 0.6) is 0 Å². The van der Waals surface area contributed by atoms with Crippen molar-refractivity contribution in [3.05, 3.63) is 0 Å². The second kappa shape index (κ2) is 13.3. The lowest BCUT2D eigenvalue weighted by molar-refractivity contribution is -0.166. The van der Waals surface area contributed by atoms with Crippen LogP contribution in [0.4, 0.5) is 4.79 Å². The molecule has 1 fully saturated rings. The molecule has 0 aromatic heterocycles. The molecule has 1 saturated heterocycles. The molecule has 0 N–H and O–H groups in total. The van der Waals surface area contributed by atoms with Gasteiger partial charge < -0.3 is 18.9 Å². The Labute approximate surface area is 189 Å². The van der Waals surface area contributed by atoms with E-state index in [9.17, 15) is 9.59 Å². The van der Waals surface area contributed by atoms with Gasteiger partial charge in [-0.2, -0.15) is 0 Å². The van der Waals surface area contributed by atoms with Gasteiger partial charge in [-0.1, -0.05) is 33.6 Å². The van der Waals surface area contributed by atoms with E-state index < -0.39 is 23.7 Å². The first-order valence-electron chi connectivity index (χ1n) is 11.8. The Balaban J connectivity index is 3.08. The van der Waals surface area contributed by atoms with Gasteiger partial charge in [0, 0.05) is 13.7 Å². The van der Waals surface area contributed by atoms with Crippen molar-refractivity contribution in [2.24, 2.45) is 11.8 Å². The van der Waals surface area contributed by atoms with Crippen molar-refractivity contribution < 1.29 is 28.5 Å². The summed E-state index contributed by atoms with van der Waals surface area (Å²) in [5, 5.41) is 0. The van der Waals surface area contributed by atoms with Crippen molar-refractivity contribution in [1.29, 1.82) is 0 Å². The van der Waals surface area contributed by atoms with E-state index in [1.807, 2.05) is 6.92 Å². The van der Waals surface area contributed by atoms with Crippen LogP contribution in [0.3, 0.4) is 0 Å². The lowest BCUT2D eigenvalue weighted by Gasteiger charge is -2.33. The van der Waals surface area contributed by atoms with Crippen molar-refractivity contribution in [3.63, 3.8) is 0 Å². The third kappa shape index (κ3) is 9.77. The first-order valence-corrected chi connectivity index (χ1v) is 11.8. The van der Waals surface area contributed by atoms with E-state index in [-0.39, 0.29) is 18.9 Å². The largest absolute Gasteiger partial charge is 0.458 e. The molecule has 0 saturated carbocycles. The Kier molecular flexibility index (Phi) is 11.8. The predicted octanol–water partition coefficient (Wildman–Crippen LogP) is 5.16. The van der Waals surface area contributed by atoms with Gasteiger partial charge in [-0.15, -0.1) is 0 Å². The topological polar surface area (TPSA) is 74.3 Å². The molecule has 1 amide bonds. The van der Waals surface area contributed by atoms with Crippen LogP contribution in [0.2, 0.25) is 0 Å². The van der Waals surface area contributed by atoms with Gasteiger partial charge in [0.1, 0.15) is 24.5 Å². The van der Waals surface area contributed by atoms with Crippen LogP contribution in [0.25, 0.3) is 0 Å². The van der Waals surface area contributed by atoms with Crippen molar-refractivity contribution in [2.75, 3.05) is 20.4 Å². The summed E-state index contributed by atoms with van der Waals surface area (Å²) in [6.07, 6.45) is 4.18. The molecule has 4 atom stereocenters. The zero-order valence-corrected chi connectivity index (χ0v) is 20.9. The molecule has 0 aromatic carbocycles. The second-order valence-corrected chi connectivity index (χ2v) is 10.0. The number of nitrogens with zero attached hydrogens (tertiary/aromatic N) is 1. The second-order valence-electron chi connectivity index (χ2n) is 10.0. The Hall–Kier alpha value is -1.34. The van der Waals surface area contributed by atoms with Gasteiger partial charge in [0.15, 0.2) is 0 Å². The van der Waals surface area contributed by atoms with Crippen molar-refractivity contribution >= 4 is 12.1 Å². The smallest absolute Gasteiger partial charge is 0.412 e. The van der Waals surface area contributed by atoms with Crippen LogP contribution in [-0.4, -0.2) is 61.3 Å². The highest BCUT2D eigenvalue weighted by molar-refractivity contribution is 5.81. The minimum absolute atomic E-state index is 0.0321. The van der Waals surface area contributed by atoms with E-state index in [2.05, 4.69) is 20.8 Å². The third-order valence-corrected chi connectivity index (χ3v) is 5.46. The lowest BCUT2D eigenvalue weighted by Crippen LogP contribution is -2.49. The Bertz CT molecular complexity index is 545.